The first-order valence-corrected chi connectivity index (χ1v) is 14.1. The summed E-state index contributed by atoms with van der Waals surface area (Å²) in [5, 5.41) is 12.9. The minimum atomic E-state index is -1.00. The molecule has 2 amide bonds. The molecule has 0 aliphatic heterocycles. The maximum absolute atomic E-state index is 14.0. The standard InChI is InChI=1S/C34H33ClN2O6/c1-42-26-19-24(20-27(21-26)43-2)15-17-37(18-16-32(38)39)34(41)31-10-6-4-8-29(31)28-7-3-5-9-30(28)33(40)36-22-23-11-13-25(35)14-12-23/h3-14,19-21H,15-18,22H2,1-2H3,(H,36,40)(H,38,39). The minimum Gasteiger partial charge on any atom is -0.497 e. The molecule has 0 saturated carbocycles. The van der Waals surface area contributed by atoms with E-state index in [4.69, 9.17) is 21.1 Å². The second-order valence-electron chi connectivity index (χ2n) is 9.81. The van der Waals surface area contributed by atoms with Gasteiger partial charge in [-0.1, -0.05) is 60.1 Å². The Balaban J connectivity index is 1.61. The molecule has 0 aliphatic rings. The summed E-state index contributed by atoms with van der Waals surface area (Å²) in [7, 11) is 3.13. The number of benzene rings is 4. The number of carboxylic acids is 1. The van der Waals surface area contributed by atoms with Gasteiger partial charge < -0.3 is 24.8 Å². The van der Waals surface area contributed by atoms with E-state index in [-0.39, 0.29) is 31.3 Å². The van der Waals surface area contributed by atoms with Crippen LogP contribution in [0.1, 0.15) is 38.3 Å². The molecule has 8 nitrogen and oxygen atoms in total. The molecule has 2 N–H and O–H groups in total. The number of nitrogens with zero attached hydrogens (tertiary/aromatic N) is 1. The number of carbonyl (C=O) groups is 3. The van der Waals surface area contributed by atoms with Crippen LogP contribution in [0.4, 0.5) is 0 Å². The van der Waals surface area contributed by atoms with Crippen LogP contribution in [-0.2, 0) is 17.8 Å². The number of carboxylic acid groups (broad SMARTS) is 1. The average Bonchev–Trinajstić information content (AvgIpc) is 3.03. The lowest BCUT2D eigenvalue weighted by Gasteiger charge is -2.24. The zero-order valence-corrected chi connectivity index (χ0v) is 24.8. The van der Waals surface area contributed by atoms with Crippen LogP contribution in [0.2, 0.25) is 5.02 Å². The van der Waals surface area contributed by atoms with Gasteiger partial charge in [0.25, 0.3) is 11.8 Å². The Kier molecular flexibility index (Phi) is 10.8. The third kappa shape index (κ3) is 8.36. The number of aliphatic carboxylic acids is 1. The SMILES string of the molecule is COc1cc(CCN(CCC(=O)O)C(=O)c2ccccc2-c2ccccc2C(=O)NCc2ccc(Cl)cc2)cc(OC)c1. The quantitative estimate of drug-likeness (QED) is 0.192. The maximum Gasteiger partial charge on any atom is 0.305 e. The molecule has 4 rings (SSSR count). The summed E-state index contributed by atoms with van der Waals surface area (Å²) >= 11 is 5.97. The van der Waals surface area contributed by atoms with Crippen LogP contribution in [-0.4, -0.2) is 55.1 Å². The van der Waals surface area contributed by atoms with Gasteiger partial charge in [0.1, 0.15) is 11.5 Å². The molecule has 0 aliphatic carbocycles. The van der Waals surface area contributed by atoms with Gasteiger partial charge in [-0.25, -0.2) is 0 Å². The van der Waals surface area contributed by atoms with Gasteiger partial charge in [0.05, 0.1) is 20.6 Å². The second kappa shape index (κ2) is 14.9. The summed E-state index contributed by atoms with van der Waals surface area (Å²) in [5.74, 6) is -0.384. The van der Waals surface area contributed by atoms with Crippen LogP contribution in [0.15, 0.2) is 91.0 Å². The van der Waals surface area contributed by atoms with Crippen molar-refractivity contribution < 1.29 is 29.0 Å². The van der Waals surface area contributed by atoms with E-state index in [2.05, 4.69) is 5.32 Å². The van der Waals surface area contributed by atoms with Crippen LogP contribution < -0.4 is 14.8 Å². The Hall–Kier alpha value is -4.82. The zero-order chi connectivity index (χ0) is 30.8. The summed E-state index contributed by atoms with van der Waals surface area (Å²) in [4.78, 5) is 40.3. The molecular weight excluding hydrogens is 568 g/mol. The number of nitrogens with one attached hydrogen (secondary N) is 1. The molecule has 0 saturated heterocycles. The summed E-state index contributed by atoms with van der Waals surface area (Å²) in [6.07, 6.45) is 0.240. The van der Waals surface area contributed by atoms with Gasteiger partial charge in [0.2, 0.25) is 0 Å². The highest BCUT2D eigenvalue weighted by molar-refractivity contribution is 6.30. The fourth-order valence-corrected chi connectivity index (χ4v) is 4.82. The molecule has 0 atom stereocenters. The molecule has 0 spiro atoms. The first kappa shape index (κ1) is 31.1. The Bertz CT molecular complexity index is 1570. The van der Waals surface area contributed by atoms with E-state index in [9.17, 15) is 19.5 Å². The highest BCUT2D eigenvalue weighted by Crippen LogP contribution is 2.29. The van der Waals surface area contributed by atoms with E-state index < -0.39 is 5.97 Å². The fraction of sp³-hybridized carbons (Fsp3) is 0.206. The van der Waals surface area contributed by atoms with Crippen LogP contribution >= 0.6 is 11.6 Å². The van der Waals surface area contributed by atoms with Crippen molar-refractivity contribution >= 4 is 29.4 Å². The van der Waals surface area contributed by atoms with Gasteiger partial charge in [-0.2, -0.15) is 0 Å². The largest absolute Gasteiger partial charge is 0.497 e. The average molecular weight is 601 g/mol. The molecule has 222 valence electrons. The van der Waals surface area contributed by atoms with Crippen molar-refractivity contribution in [3.05, 3.63) is 118 Å². The summed E-state index contributed by atoms with van der Waals surface area (Å²) in [5.41, 5.74) is 3.73. The molecule has 0 bridgehead atoms. The zero-order valence-electron chi connectivity index (χ0n) is 24.0. The number of hydrogen-bond donors (Lipinski definition) is 2. The molecule has 9 heteroatoms. The van der Waals surface area contributed by atoms with Gasteiger partial charge in [0, 0.05) is 41.9 Å². The normalized spacial score (nSPS) is 10.6. The van der Waals surface area contributed by atoms with E-state index in [1.54, 1.807) is 74.9 Å². The summed E-state index contributed by atoms with van der Waals surface area (Å²) in [6, 6.07) is 26.8. The molecule has 0 radical (unpaired) electrons. The number of ether oxygens (including phenoxy) is 2. The van der Waals surface area contributed by atoms with Crippen LogP contribution in [0.25, 0.3) is 11.1 Å². The first-order valence-electron chi connectivity index (χ1n) is 13.7. The number of amides is 2. The summed E-state index contributed by atoms with van der Waals surface area (Å²) in [6.45, 7) is 0.593. The summed E-state index contributed by atoms with van der Waals surface area (Å²) < 4.78 is 10.7. The van der Waals surface area contributed by atoms with E-state index in [0.717, 1.165) is 11.1 Å². The lowest BCUT2D eigenvalue weighted by molar-refractivity contribution is -0.137. The first-order chi connectivity index (χ1) is 20.8. The second-order valence-corrected chi connectivity index (χ2v) is 10.2. The predicted molar refractivity (Wildman–Crippen MR) is 166 cm³/mol. The van der Waals surface area contributed by atoms with Crippen molar-refractivity contribution in [2.24, 2.45) is 0 Å². The Morgan fingerprint density at radius 1 is 0.767 bits per heavy atom. The van der Waals surface area contributed by atoms with Crippen LogP contribution in [0.3, 0.4) is 0 Å². The Labute approximate surface area is 255 Å². The highest BCUT2D eigenvalue weighted by Gasteiger charge is 2.23. The van der Waals surface area contributed by atoms with Crippen molar-refractivity contribution in [2.75, 3.05) is 27.3 Å². The topological polar surface area (TPSA) is 105 Å². The molecule has 4 aromatic rings. The molecule has 43 heavy (non-hydrogen) atoms. The van der Waals surface area contributed by atoms with E-state index in [1.807, 2.05) is 30.3 Å². The number of hydrogen-bond acceptors (Lipinski definition) is 5. The molecular formula is C34H33ClN2O6. The monoisotopic (exact) mass is 600 g/mol. The lowest BCUT2D eigenvalue weighted by atomic mass is 9.94. The van der Waals surface area contributed by atoms with Crippen molar-refractivity contribution in [1.82, 2.24) is 10.2 Å². The maximum atomic E-state index is 14.0. The molecule has 0 heterocycles. The van der Waals surface area contributed by atoms with E-state index in [1.165, 1.54) is 4.90 Å². The highest BCUT2D eigenvalue weighted by atomic mass is 35.5. The smallest absolute Gasteiger partial charge is 0.305 e. The lowest BCUT2D eigenvalue weighted by Crippen LogP contribution is -2.35. The number of carbonyl (C=O) groups excluding carboxylic acids is 2. The number of rotatable bonds is 13. The van der Waals surface area contributed by atoms with Crippen molar-refractivity contribution in [2.45, 2.75) is 19.4 Å². The third-order valence-corrected chi connectivity index (χ3v) is 7.20. The molecule has 4 aromatic carbocycles. The molecule has 0 aromatic heterocycles. The Morgan fingerprint density at radius 2 is 1.35 bits per heavy atom. The van der Waals surface area contributed by atoms with Crippen molar-refractivity contribution in [3.8, 4) is 22.6 Å². The van der Waals surface area contributed by atoms with Gasteiger partial charge in [-0.15, -0.1) is 0 Å². The third-order valence-electron chi connectivity index (χ3n) is 6.95. The van der Waals surface area contributed by atoms with Gasteiger partial charge in [-0.05, 0) is 65.1 Å². The van der Waals surface area contributed by atoms with E-state index >= 15 is 0 Å². The van der Waals surface area contributed by atoms with Crippen molar-refractivity contribution in [3.63, 3.8) is 0 Å². The number of halogens is 1. The van der Waals surface area contributed by atoms with E-state index in [0.29, 0.717) is 51.7 Å². The van der Waals surface area contributed by atoms with Gasteiger partial charge in [0.15, 0.2) is 0 Å². The molecule has 0 fully saturated rings. The minimum absolute atomic E-state index is 0.0207. The number of methoxy groups -OCH3 is 2. The fourth-order valence-electron chi connectivity index (χ4n) is 4.69. The Morgan fingerprint density at radius 3 is 1.95 bits per heavy atom. The van der Waals surface area contributed by atoms with Crippen LogP contribution in [0.5, 0.6) is 11.5 Å². The predicted octanol–water partition coefficient (Wildman–Crippen LogP) is 6.11. The molecule has 0 unspecified atom stereocenters. The van der Waals surface area contributed by atoms with Gasteiger partial charge in [-0.3, -0.25) is 14.4 Å². The van der Waals surface area contributed by atoms with Crippen LogP contribution in [0, 0.1) is 0 Å². The van der Waals surface area contributed by atoms with Gasteiger partial charge >= 0.3 is 5.97 Å². The van der Waals surface area contributed by atoms with Crippen molar-refractivity contribution in [1.29, 1.82) is 0 Å².